The summed E-state index contributed by atoms with van der Waals surface area (Å²) in [6.07, 6.45) is 1.65. The van der Waals surface area contributed by atoms with E-state index in [1.165, 1.54) is 15.9 Å². The predicted octanol–water partition coefficient (Wildman–Crippen LogP) is 2.71. The molecule has 0 aliphatic rings. The van der Waals surface area contributed by atoms with E-state index < -0.39 is 0 Å². The standard InChI is InChI=1S/C16H14N2O3S/c1-21-12-4-2-11(3-5-12)17-15(19)10-18-8-6-14-13(16(18)20)7-9-22-14/h2-9H,10H2,1H3,(H,17,19). The smallest absolute Gasteiger partial charge is 0.259 e. The van der Waals surface area contributed by atoms with Gasteiger partial charge in [-0.1, -0.05) is 0 Å². The number of anilines is 1. The van der Waals surface area contributed by atoms with E-state index in [1.54, 1.807) is 43.6 Å². The summed E-state index contributed by atoms with van der Waals surface area (Å²) >= 11 is 1.51. The third-order valence-corrected chi connectivity index (χ3v) is 4.16. The minimum Gasteiger partial charge on any atom is -0.497 e. The van der Waals surface area contributed by atoms with Gasteiger partial charge in [0.1, 0.15) is 12.3 Å². The van der Waals surface area contributed by atoms with E-state index in [-0.39, 0.29) is 18.0 Å². The molecular formula is C16H14N2O3S. The van der Waals surface area contributed by atoms with Crippen LogP contribution in [0.15, 0.2) is 52.8 Å². The van der Waals surface area contributed by atoms with Crippen molar-refractivity contribution in [2.45, 2.75) is 6.54 Å². The number of nitrogens with zero attached hydrogens (tertiary/aromatic N) is 1. The molecule has 2 aromatic heterocycles. The van der Waals surface area contributed by atoms with Crippen molar-refractivity contribution in [1.82, 2.24) is 4.57 Å². The fourth-order valence-corrected chi connectivity index (χ4v) is 2.93. The van der Waals surface area contributed by atoms with Crippen molar-refractivity contribution in [2.24, 2.45) is 0 Å². The highest BCUT2D eigenvalue weighted by Crippen LogP contribution is 2.17. The Bertz CT molecular complexity index is 865. The molecule has 1 aromatic carbocycles. The van der Waals surface area contributed by atoms with E-state index in [9.17, 15) is 9.59 Å². The fraction of sp³-hybridized carbons (Fsp3) is 0.125. The average molecular weight is 314 g/mol. The monoisotopic (exact) mass is 314 g/mol. The molecule has 0 aliphatic heterocycles. The van der Waals surface area contributed by atoms with Crippen LogP contribution in [0.4, 0.5) is 5.69 Å². The molecule has 5 nitrogen and oxygen atoms in total. The second-order valence-corrected chi connectivity index (χ2v) is 5.67. The number of nitrogens with one attached hydrogen (secondary N) is 1. The van der Waals surface area contributed by atoms with E-state index in [0.717, 1.165) is 10.4 Å². The first-order valence-electron chi connectivity index (χ1n) is 6.68. The molecule has 0 saturated carbocycles. The van der Waals surface area contributed by atoms with E-state index in [0.29, 0.717) is 11.1 Å². The largest absolute Gasteiger partial charge is 0.497 e. The van der Waals surface area contributed by atoms with Crippen LogP contribution in [-0.2, 0) is 11.3 Å². The number of hydrogen-bond acceptors (Lipinski definition) is 4. The van der Waals surface area contributed by atoms with Crippen molar-refractivity contribution in [3.63, 3.8) is 0 Å². The topological polar surface area (TPSA) is 60.3 Å². The normalized spacial score (nSPS) is 10.6. The first-order valence-corrected chi connectivity index (χ1v) is 7.56. The molecule has 0 atom stereocenters. The zero-order chi connectivity index (χ0) is 15.5. The second-order valence-electron chi connectivity index (χ2n) is 4.72. The minimum absolute atomic E-state index is 0.0172. The third-order valence-electron chi connectivity index (χ3n) is 3.28. The van der Waals surface area contributed by atoms with Crippen LogP contribution in [0.5, 0.6) is 5.75 Å². The van der Waals surface area contributed by atoms with Crippen LogP contribution in [0.2, 0.25) is 0 Å². The van der Waals surface area contributed by atoms with E-state index in [4.69, 9.17) is 4.74 Å². The fourth-order valence-electron chi connectivity index (χ4n) is 2.16. The summed E-state index contributed by atoms with van der Waals surface area (Å²) in [5.41, 5.74) is 0.513. The molecule has 3 aromatic rings. The van der Waals surface area contributed by atoms with Gasteiger partial charge in [0, 0.05) is 16.6 Å². The average Bonchev–Trinajstić information content (AvgIpc) is 3.00. The summed E-state index contributed by atoms with van der Waals surface area (Å²) in [4.78, 5) is 24.3. The molecule has 0 unspecified atom stereocenters. The molecule has 22 heavy (non-hydrogen) atoms. The molecule has 0 aliphatic carbocycles. The lowest BCUT2D eigenvalue weighted by Crippen LogP contribution is -2.26. The van der Waals surface area contributed by atoms with Crippen LogP contribution >= 0.6 is 11.3 Å². The Morgan fingerprint density at radius 3 is 2.73 bits per heavy atom. The first kappa shape index (κ1) is 14.3. The van der Waals surface area contributed by atoms with Crippen molar-refractivity contribution in [1.29, 1.82) is 0 Å². The highest BCUT2D eigenvalue weighted by molar-refractivity contribution is 7.17. The summed E-state index contributed by atoms with van der Waals surface area (Å²) in [5, 5.41) is 5.27. The van der Waals surface area contributed by atoms with Crippen molar-refractivity contribution in [3.05, 3.63) is 58.3 Å². The van der Waals surface area contributed by atoms with Gasteiger partial charge < -0.3 is 14.6 Å². The van der Waals surface area contributed by atoms with Crippen molar-refractivity contribution >= 4 is 33.0 Å². The minimum atomic E-state index is -0.248. The SMILES string of the molecule is COc1ccc(NC(=O)Cn2ccc3sccc3c2=O)cc1. The van der Waals surface area contributed by atoms with E-state index in [1.807, 2.05) is 11.4 Å². The number of pyridine rings is 1. The van der Waals surface area contributed by atoms with Gasteiger partial charge >= 0.3 is 0 Å². The summed E-state index contributed by atoms with van der Waals surface area (Å²) < 4.78 is 7.40. The van der Waals surface area contributed by atoms with Crippen LogP contribution in [0, 0.1) is 0 Å². The quantitative estimate of drug-likeness (QED) is 0.805. The number of ether oxygens (including phenoxy) is 1. The van der Waals surface area contributed by atoms with Gasteiger partial charge in [0.2, 0.25) is 5.91 Å². The van der Waals surface area contributed by atoms with Gasteiger partial charge in [-0.3, -0.25) is 9.59 Å². The number of aromatic nitrogens is 1. The van der Waals surface area contributed by atoms with Crippen LogP contribution in [-0.4, -0.2) is 17.6 Å². The Hall–Kier alpha value is -2.60. The second kappa shape index (κ2) is 6.03. The Labute approximate surface area is 130 Å². The summed E-state index contributed by atoms with van der Waals surface area (Å²) in [6.45, 7) is -0.0172. The lowest BCUT2D eigenvalue weighted by Gasteiger charge is -2.08. The van der Waals surface area contributed by atoms with E-state index in [2.05, 4.69) is 5.32 Å². The predicted molar refractivity (Wildman–Crippen MR) is 87.7 cm³/mol. The van der Waals surface area contributed by atoms with Gasteiger partial charge in [-0.25, -0.2) is 0 Å². The lowest BCUT2D eigenvalue weighted by molar-refractivity contribution is -0.116. The summed E-state index contributed by atoms with van der Waals surface area (Å²) in [7, 11) is 1.58. The number of amides is 1. The zero-order valence-corrected chi connectivity index (χ0v) is 12.7. The van der Waals surface area contributed by atoms with Gasteiger partial charge in [0.05, 0.1) is 12.5 Å². The molecule has 0 saturated heterocycles. The van der Waals surface area contributed by atoms with Crippen LogP contribution in [0.25, 0.3) is 10.1 Å². The van der Waals surface area contributed by atoms with Crippen molar-refractivity contribution in [2.75, 3.05) is 12.4 Å². The molecule has 0 fully saturated rings. The van der Waals surface area contributed by atoms with Crippen LogP contribution < -0.4 is 15.6 Å². The van der Waals surface area contributed by atoms with Gasteiger partial charge in [0.25, 0.3) is 5.56 Å². The van der Waals surface area contributed by atoms with Crippen molar-refractivity contribution in [3.8, 4) is 5.75 Å². The first-order chi connectivity index (χ1) is 10.7. The molecular weight excluding hydrogens is 300 g/mol. The Kier molecular flexibility index (Phi) is 3.93. The van der Waals surface area contributed by atoms with Crippen LogP contribution in [0.3, 0.4) is 0 Å². The van der Waals surface area contributed by atoms with Crippen LogP contribution in [0.1, 0.15) is 0 Å². The maximum atomic E-state index is 12.2. The zero-order valence-electron chi connectivity index (χ0n) is 11.9. The molecule has 0 radical (unpaired) electrons. The maximum absolute atomic E-state index is 12.2. The number of carbonyl (C=O) groups is 1. The molecule has 0 bridgehead atoms. The Morgan fingerprint density at radius 1 is 1.23 bits per heavy atom. The maximum Gasteiger partial charge on any atom is 0.259 e. The van der Waals surface area contributed by atoms with E-state index >= 15 is 0 Å². The number of carbonyl (C=O) groups excluding carboxylic acids is 1. The molecule has 112 valence electrons. The highest BCUT2D eigenvalue weighted by atomic mass is 32.1. The van der Waals surface area contributed by atoms with Gasteiger partial charge in [-0.15, -0.1) is 11.3 Å². The molecule has 2 heterocycles. The molecule has 0 spiro atoms. The molecule has 1 N–H and O–H groups in total. The number of hydrogen-bond donors (Lipinski definition) is 1. The Balaban J connectivity index is 1.74. The molecule has 3 rings (SSSR count). The summed E-state index contributed by atoms with van der Waals surface area (Å²) in [5.74, 6) is 0.471. The Morgan fingerprint density at radius 2 is 2.00 bits per heavy atom. The highest BCUT2D eigenvalue weighted by Gasteiger charge is 2.08. The lowest BCUT2D eigenvalue weighted by atomic mass is 10.3. The van der Waals surface area contributed by atoms with Gasteiger partial charge in [0.15, 0.2) is 0 Å². The van der Waals surface area contributed by atoms with Crippen molar-refractivity contribution < 1.29 is 9.53 Å². The number of fused-ring (bicyclic) bond motifs is 1. The van der Waals surface area contributed by atoms with Gasteiger partial charge in [-0.2, -0.15) is 0 Å². The number of thiophene rings is 1. The summed E-state index contributed by atoms with van der Waals surface area (Å²) in [6, 6.07) is 10.7. The number of methoxy groups -OCH3 is 1. The third kappa shape index (κ3) is 2.87. The number of rotatable bonds is 4. The number of benzene rings is 1. The molecule has 1 amide bonds. The van der Waals surface area contributed by atoms with Gasteiger partial charge in [-0.05, 0) is 41.8 Å². The molecule has 6 heteroatoms.